The Labute approximate surface area is 130 Å². The van der Waals surface area contributed by atoms with Gasteiger partial charge in [0.1, 0.15) is 11.6 Å². The Kier molecular flexibility index (Phi) is 4.80. The minimum Gasteiger partial charge on any atom is -0.397 e. The first kappa shape index (κ1) is 15.0. The molecule has 0 aliphatic carbocycles. The molecule has 0 amide bonds. The van der Waals surface area contributed by atoms with Gasteiger partial charge in [-0.05, 0) is 65.3 Å². The summed E-state index contributed by atoms with van der Waals surface area (Å²) in [4.78, 5) is 0. The van der Waals surface area contributed by atoms with E-state index in [1.807, 2.05) is 29.5 Å². The third-order valence-electron chi connectivity index (χ3n) is 3.11. The van der Waals surface area contributed by atoms with Gasteiger partial charge in [-0.1, -0.05) is 6.07 Å². The molecular weight excluding hydrogens is 373 g/mol. The molecule has 0 fully saturated rings. The van der Waals surface area contributed by atoms with Crippen LogP contribution in [0, 0.1) is 22.1 Å². The number of hydrogen-bond acceptors (Lipinski definition) is 2. The zero-order valence-electron chi connectivity index (χ0n) is 11.0. The lowest BCUT2D eigenvalue weighted by Gasteiger charge is -2.11. The molecule has 0 bridgehead atoms. The van der Waals surface area contributed by atoms with Crippen molar-refractivity contribution in [1.82, 2.24) is 0 Å². The summed E-state index contributed by atoms with van der Waals surface area (Å²) in [5.41, 5.74) is 8.91. The lowest BCUT2D eigenvalue weighted by Crippen LogP contribution is -2.08. The van der Waals surface area contributed by atoms with E-state index in [4.69, 9.17) is 5.73 Å². The van der Waals surface area contributed by atoms with Crippen LogP contribution >= 0.6 is 22.6 Å². The molecule has 5 heteroatoms. The van der Waals surface area contributed by atoms with Gasteiger partial charge in [-0.3, -0.25) is 0 Å². The summed E-state index contributed by atoms with van der Waals surface area (Å²) in [7, 11) is 0. The molecule has 0 unspecified atom stereocenters. The number of anilines is 2. The minimum absolute atomic E-state index is 0.233. The van der Waals surface area contributed by atoms with E-state index in [0.717, 1.165) is 17.5 Å². The summed E-state index contributed by atoms with van der Waals surface area (Å²) in [6.07, 6.45) is 0.721. The molecule has 0 radical (unpaired) electrons. The van der Waals surface area contributed by atoms with Crippen molar-refractivity contribution in [2.24, 2.45) is 0 Å². The predicted octanol–water partition coefficient (Wildman–Crippen LogP) is 4.11. The van der Waals surface area contributed by atoms with E-state index in [0.29, 0.717) is 21.5 Å². The number of aryl methyl sites for hydroxylation is 1. The number of benzene rings is 2. The van der Waals surface area contributed by atoms with Crippen LogP contribution in [0.3, 0.4) is 0 Å². The SMILES string of the molecule is Cc1cc(F)ccc1CCNc1cc(F)c(I)cc1N. The van der Waals surface area contributed by atoms with E-state index >= 15 is 0 Å². The Morgan fingerprint density at radius 2 is 1.95 bits per heavy atom. The quantitative estimate of drug-likeness (QED) is 0.611. The van der Waals surface area contributed by atoms with Crippen molar-refractivity contribution in [2.75, 3.05) is 17.6 Å². The molecule has 0 saturated carbocycles. The van der Waals surface area contributed by atoms with Crippen molar-refractivity contribution in [2.45, 2.75) is 13.3 Å². The second-order valence-electron chi connectivity index (χ2n) is 4.60. The highest BCUT2D eigenvalue weighted by molar-refractivity contribution is 14.1. The Hall–Kier alpha value is -1.37. The van der Waals surface area contributed by atoms with Crippen LogP contribution < -0.4 is 11.1 Å². The van der Waals surface area contributed by atoms with Crippen LogP contribution in [0.1, 0.15) is 11.1 Å². The minimum atomic E-state index is -0.291. The monoisotopic (exact) mass is 388 g/mol. The average Bonchev–Trinajstić information content (AvgIpc) is 2.38. The lowest BCUT2D eigenvalue weighted by molar-refractivity contribution is 0.621. The molecule has 0 spiro atoms. The second kappa shape index (κ2) is 6.39. The van der Waals surface area contributed by atoms with Crippen molar-refractivity contribution in [3.05, 3.63) is 56.7 Å². The van der Waals surface area contributed by atoms with Crippen molar-refractivity contribution < 1.29 is 8.78 Å². The molecule has 0 aromatic heterocycles. The normalized spacial score (nSPS) is 10.6. The first-order valence-corrected chi connectivity index (χ1v) is 7.28. The molecular formula is C15H15F2IN2. The number of rotatable bonds is 4. The summed E-state index contributed by atoms with van der Waals surface area (Å²) < 4.78 is 27.0. The Bertz CT molecular complexity index is 630. The molecule has 0 saturated heterocycles. The van der Waals surface area contributed by atoms with Crippen molar-refractivity contribution >= 4 is 34.0 Å². The van der Waals surface area contributed by atoms with Gasteiger partial charge in [-0.15, -0.1) is 0 Å². The third-order valence-corrected chi connectivity index (χ3v) is 3.93. The standard InChI is InChI=1S/C15H15F2IN2/c1-9-6-11(16)3-2-10(9)4-5-20-15-7-12(17)13(18)8-14(15)19/h2-3,6-8,20H,4-5,19H2,1H3. The molecule has 2 aromatic rings. The predicted molar refractivity (Wildman–Crippen MR) is 86.9 cm³/mol. The maximum absolute atomic E-state index is 13.5. The number of nitrogen functional groups attached to an aromatic ring is 1. The van der Waals surface area contributed by atoms with Crippen LogP contribution in [0.2, 0.25) is 0 Å². The molecule has 2 rings (SSSR count). The van der Waals surface area contributed by atoms with Crippen molar-refractivity contribution in [3.63, 3.8) is 0 Å². The van der Waals surface area contributed by atoms with Crippen LogP contribution in [0.25, 0.3) is 0 Å². The Morgan fingerprint density at radius 1 is 1.20 bits per heavy atom. The van der Waals surface area contributed by atoms with E-state index in [1.54, 1.807) is 12.1 Å². The molecule has 106 valence electrons. The van der Waals surface area contributed by atoms with E-state index in [-0.39, 0.29) is 11.6 Å². The maximum Gasteiger partial charge on any atom is 0.138 e. The molecule has 3 N–H and O–H groups in total. The van der Waals surface area contributed by atoms with Gasteiger partial charge in [0.2, 0.25) is 0 Å². The van der Waals surface area contributed by atoms with E-state index in [1.165, 1.54) is 18.2 Å². The van der Waals surface area contributed by atoms with Gasteiger partial charge in [-0.25, -0.2) is 8.78 Å². The summed E-state index contributed by atoms with van der Waals surface area (Å²) in [6, 6.07) is 7.72. The molecule has 0 heterocycles. The first-order valence-electron chi connectivity index (χ1n) is 6.21. The highest BCUT2D eigenvalue weighted by Gasteiger charge is 2.06. The van der Waals surface area contributed by atoms with Gasteiger partial charge in [0.25, 0.3) is 0 Å². The fourth-order valence-corrected chi connectivity index (χ4v) is 2.48. The summed E-state index contributed by atoms with van der Waals surface area (Å²) >= 11 is 1.90. The van der Waals surface area contributed by atoms with Crippen molar-refractivity contribution in [3.8, 4) is 0 Å². The number of nitrogens with two attached hydrogens (primary N) is 1. The second-order valence-corrected chi connectivity index (χ2v) is 5.76. The van der Waals surface area contributed by atoms with Crippen LogP contribution in [-0.2, 0) is 6.42 Å². The summed E-state index contributed by atoms with van der Waals surface area (Å²) in [6.45, 7) is 2.48. The third kappa shape index (κ3) is 3.59. The highest BCUT2D eigenvalue weighted by Crippen LogP contribution is 2.24. The van der Waals surface area contributed by atoms with Crippen molar-refractivity contribution in [1.29, 1.82) is 0 Å². The smallest absolute Gasteiger partial charge is 0.138 e. The number of hydrogen-bond donors (Lipinski definition) is 2. The largest absolute Gasteiger partial charge is 0.397 e. The highest BCUT2D eigenvalue weighted by atomic mass is 127. The maximum atomic E-state index is 13.5. The molecule has 20 heavy (non-hydrogen) atoms. The molecule has 0 aliphatic heterocycles. The molecule has 2 nitrogen and oxygen atoms in total. The lowest BCUT2D eigenvalue weighted by atomic mass is 10.1. The van der Waals surface area contributed by atoms with Gasteiger partial charge in [0.05, 0.1) is 14.9 Å². The molecule has 0 atom stereocenters. The number of nitrogens with one attached hydrogen (secondary N) is 1. The summed E-state index contributed by atoms with van der Waals surface area (Å²) in [5.74, 6) is -0.525. The Morgan fingerprint density at radius 3 is 2.65 bits per heavy atom. The fraction of sp³-hybridized carbons (Fsp3) is 0.200. The zero-order chi connectivity index (χ0) is 14.7. The first-order chi connectivity index (χ1) is 9.47. The van der Waals surface area contributed by atoms with Crippen LogP contribution in [-0.4, -0.2) is 6.54 Å². The molecule has 0 aliphatic rings. The topological polar surface area (TPSA) is 38.0 Å². The summed E-state index contributed by atoms with van der Waals surface area (Å²) in [5, 5.41) is 3.11. The molecule has 2 aromatic carbocycles. The van der Waals surface area contributed by atoms with Gasteiger partial charge < -0.3 is 11.1 Å². The fourth-order valence-electron chi connectivity index (χ4n) is 1.99. The number of halogens is 3. The Balaban J connectivity index is 2.01. The van der Waals surface area contributed by atoms with Crippen LogP contribution in [0.5, 0.6) is 0 Å². The van der Waals surface area contributed by atoms with Crippen LogP contribution in [0.15, 0.2) is 30.3 Å². The van der Waals surface area contributed by atoms with E-state index in [2.05, 4.69) is 5.32 Å². The van der Waals surface area contributed by atoms with Crippen LogP contribution in [0.4, 0.5) is 20.2 Å². The van der Waals surface area contributed by atoms with E-state index in [9.17, 15) is 8.78 Å². The van der Waals surface area contributed by atoms with Gasteiger partial charge >= 0.3 is 0 Å². The average molecular weight is 388 g/mol. The van der Waals surface area contributed by atoms with E-state index < -0.39 is 0 Å². The van der Waals surface area contributed by atoms with Gasteiger partial charge in [-0.2, -0.15) is 0 Å². The zero-order valence-corrected chi connectivity index (χ0v) is 13.2. The van der Waals surface area contributed by atoms with Gasteiger partial charge in [0.15, 0.2) is 0 Å². The van der Waals surface area contributed by atoms with Gasteiger partial charge in [0, 0.05) is 12.6 Å².